The summed E-state index contributed by atoms with van der Waals surface area (Å²) in [4.78, 5) is 1.43. The molecule has 1 aliphatic rings. The molecule has 0 bridgehead atoms. The zero-order valence-electron chi connectivity index (χ0n) is 11.5. The first-order valence-corrected chi connectivity index (χ1v) is 8.18. The van der Waals surface area contributed by atoms with E-state index in [0.717, 1.165) is 17.9 Å². The van der Waals surface area contributed by atoms with Crippen molar-refractivity contribution >= 4 is 23.4 Å². The number of benzene rings is 2. The van der Waals surface area contributed by atoms with E-state index in [1.807, 2.05) is 23.9 Å². The van der Waals surface area contributed by atoms with Crippen LogP contribution in [0.3, 0.4) is 0 Å². The number of likely N-dealkylation sites (N-methyl/N-ethyl adjacent to an activating group) is 1. The first kappa shape index (κ1) is 14.0. The van der Waals surface area contributed by atoms with Crippen molar-refractivity contribution in [1.82, 2.24) is 5.32 Å². The lowest BCUT2D eigenvalue weighted by Crippen LogP contribution is -2.37. The van der Waals surface area contributed by atoms with Crippen LogP contribution in [-0.2, 0) is 12.8 Å². The van der Waals surface area contributed by atoms with Crippen LogP contribution in [0.15, 0.2) is 53.4 Å². The minimum absolute atomic E-state index is 0.464. The molecule has 0 fully saturated rings. The minimum Gasteiger partial charge on any atom is -0.316 e. The number of hydrogen-bond acceptors (Lipinski definition) is 2. The van der Waals surface area contributed by atoms with Crippen LogP contribution >= 0.6 is 23.4 Å². The van der Waals surface area contributed by atoms with Gasteiger partial charge in [0.1, 0.15) is 0 Å². The largest absolute Gasteiger partial charge is 0.316 e. The fourth-order valence-electron chi connectivity index (χ4n) is 2.77. The quantitative estimate of drug-likeness (QED) is 0.909. The molecule has 0 aliphatic carbocycles. The fourth-order valence-corrected chi connectivity index (χ4v) is 4.43. The normalized spacial score (nSPS) is 18.8. The molecule has 20 heavy (non-hydrogen) atoms. The summed E-state index contributed by atoms with van der Waals surface area (Å²) in [5.74, 6) is 0. The number of nitrogens with one attached hydrogen (secondary N) is 1. The third kappa shape index (κ3) is 3.03. The highest BCUT2D eigenvalue weighted by Crippen LogP contribution is 2.38. The Bertz CT molecular complexity index is 574. The smallest absolute Gasteiger partial charge is 0.0408 e. The Morgan fingerprint density at radius 1 is 1.25 bits per heavy atom. The fraction of sp³-hybridized carbons (Fsp3) is 0.294. The van der Waals surface area contributed by atoms with Gasteiger partial charge in [-0.1, -0.05) is 41.9 Å². The third-order valence-electron chi connectivity index (χ3n) is 3.84. The molecule has 3 heteroatoms. The maximum atomic E-state index is 6.08. The number of rotatable bonds is 4. The number of halogens is 1. The Kier molecular flexibility index (Phi) is 4.35. The van der Waals surface area contributed by atoms with Gasteiger partial charge in [-0.2, -0.15) is 0 Å². The van der Waals surface area contributed by atoms with E-state index in [1.165, 1.54) is 16.0 Å². The topological polar surface area (TPSA) is 12.0 Å². The van der Waals surface area contributed by atoms with E-state index in [9.17, 15) is 0 Å². The molecule has 2 aromatic carbocycles. The number of fused-ring (bicyclic) bond motifs is 1. The first-order chi connectivity index (χ1) is 9.76. The number of hydrogen-bond donors (Lipinski definition) is 1. The van der Waals surface area contributed by atoms with Crippen molar-refractivity contribution in [2.24, 2.45) is 0 Å². The summed E-state index contributed by atoms with van der Waals surface area (Å²) in [5, 5.41) is 4.90. The van der Waals surface area contributed by atoms with Crippen molar-refractivity contribution in [3.63, 3.8) is 0 Å². The van der Waals surface area contributed by atoms with Gasteiger partial charge >= 0.3 is 0 Å². The van der Waals surface area contributed by atoms with Gasteiger partial charge in [-0.25, -0.2) is 0 Å². The van der Waals surface area contributed by atoms with Crippen LogP contribution in [0.4, 0.5) is 0 Å². The predicted molar refractivity (Wildman–Crippen MR) is 87.8 cm³/mol. The van der Waals surface area contributed by atoms with Crippen LogP contribution in [0.25, 0.3) is 0 Å². The lowest BCUT2D eigenvalue weighted by Gasteiger charge is -2.22. The summed E-state index contributed by atoms with van der Waals surface area (Å²) in [5.41, 5.74) is 2.78. The Morgan fingerprint density at radius 2 is 2.10 bits per heavy atom. The Hall–Kier alpha value is -0.960. The van der Waals surface area contributed by atoms with Gasteiger partial charge in [-0.15, -0.1) is 11.8 Å². The van der Waals surface area contributed by atoms with Gasteiger partial charge in [-0.3, -0.25) is 0 Å². The molecular weight excluding hydrogens is 286 g/mol. The van der Waals surface area contributed by atoms with Crippen molar-refractivity contribution in [3.05, 3.63) is 64.7 Å². The summed E-state index contributed by atoms with van der Waals surface area (Å²) < 4.78 is 0. The standard InChI is InChI=1S/C17H18ClNS/c1-19-15(10-12-5-4-7-14(18)9-12)17-11-13-6-2-3-8-16(13)20-17/h2-9,15,17,19H,10-11H2,1H3. The molecule has 2 atom stereocenters. The second-order valence-corrected chi connectivity index (χ2v) is 6.91. The third-order valence-corrected chi connectivity index (χ3v) is 5.52. The van der Waals surface area contributed by atoms with Crippen LogP contribution in [0.1, 0.15) is 11.1 Å². The first-order valence-electron chi connectivity index (χ1n) is 6.92. The maximum Gasteiger partial charge on any atom is 0.0408 e. The molecule has 0 radical (unpaired) electrons. The van der Waals surface area contributed by atoms with Crippen LogP contribution in [0, 0.1) is 0 Å². The average molecular weight is 304 g/mol. The molecule has 0 aromatic heterocycles. The molecule has 1 heterocycles. The highest BCUT2D eigenvalue weighted by Gasteiger charge is 2.28. The summed E-state index contributed by atoms with van der Waals surface area (Å²) in [6.07, 6.45) is 2.16. The van der Waals surface area contributed by atoms with E-state index in [2.05, 4.69) is 48.8 Å². The van der Waals surface area contributed by atoms with Crippen molar-refractivity contribution < 1.29 is 0 Å². The Labute approximate surface area is 129 Å². The molecule has 0 amide bonds. The van der Waals surface area contributed by atoms with E-state index < -0.39 is 0 Å². The van der Waals surface area contributed by atoms with Gasteiger partial charge < -0.3 is 5.32 Å². The molecule has 0 spiro atoms. The van der Waals surface area contributed by atoms with Gasteiger partial charge in [0.15, 0.2) is 0 Å². The summed E-state index contributed by atoms with van der Waals surface area (Å²) in [6, 6.07) is 17.4. The lowest BCUT2D eigenvalue weighted by atomic mass is 9.99. The van der Waals surface area contributed by atoms with Gasteiger partial charge in [0, 0.05) is 21.2 Å². The molecule has 1 N–H and O–H groups in total. The van der Waals surface area contributed by atoms with Crippen molar-refractivity contribution in [1.29, 1.82) is 0 Å². The SMILES string of the molecule is CNC(Cc1cccc(Cl)c1)C1Cc2ccccc2S1. The van der Waals surface area contributed by atoms with Crippen LogP contribution < -0.4 is 5.32 Å². The van der Waals surface area contributed by atoms with Gasteiger partial charge in [-0.05, 0) is 49.2 Å². The van der Waals surface area contributed by atoms with Crippen molar-refractivity contribution in [3.8, 4) is 0 Å². The lowest BCUT2D eigenvalue weighted by molar-refractivity contribution is 0.537. The monoisotopic (exact) mass is 303 g/mol. The molecule has 1 aliphatic heterocycles. The van der Waals surface area contributed by atoms with Crippen LogP contribution in [0.2, 0.25) is 5.02 Å². The highest BCUT2D eigenvalue weighted by atomic mass is 35.5. The predicted octanol–water partition coefficient (Wildman–Crippen LogP) is 4.19. The summed E-state index contributed by atoms with van der Waals surface area (Å²) in [7, 11) is 2.05. The zero-order chi connectivity index (χ0) is 13.9. The second-order valence-electron chi connectivity index (χ2n) is 5.20. The molecule has 0 saturated heterocycles. The van der Waals surface area contributed by atoms with Gasteiger partial charge in [0.2, 0.25) is 0 Å². The maximum absolute atomic E-state index is 6.08. The summed E-state index contributed by atoms with van der Waals surface area (Å²) in [6.45, 7) is 0. The van der Waals surface area contributed by atoms with E-state index >= 15 is 0 Å². The molecule has 0 saturated carbocycles. The Morgan fingerprint density at radius 3 is 2.85 bits per heavy atom. The molecule has 104 valence electrons. The Balaban J connectivity index is 1.72. The van der Waals surface area contributed by atoms with E-state index in [1.54, 1.807) is 0 Å². The minimum atomic E-state index is 0.464. The molecule has 2 aromatic rings. The van der Waals surface area contributed by atoms with E-state index in [0.29, 0.717) is 11.3 Å². The zero-order valence-corrected chi connectivity index (χ0v) is 13.0. The van der Waals surface area contributed by atoms with Crippen molar-refractivity contribution in [2.75, 3.05) is 7.05 Å². The van der Waals surface area contributed by atoms with Crippen LogP contribution in [0.5, 0.6) is 0 Å². The van der Waals surface area contributed by atoms with Crippen molar-refractivity contribution in [2.45, 2.75) is 29.0 Å². The second kappa shape index (κ2) is 6.21. The molecule has 1 nitrogen and oxygen atoms in total. The summed E-state index contributed by atoms with van der Waals surface area (Å²) >= 11 is 8.08. The molecular formula is C17H18ClNS. The molecule has 3 rings (SSSR count). The van der Waals surface area contributed by atoms with Gasteiger partial charge in [0.25, 0.3) is 0 Å². The average Bonchev–Trinajstić information content (AvgIpc) is 2.88. The molecule has 2 unspecified atom stereocenters. The van der Waals surface area contributed by atoms with E-state index in [-0.39, 0.29) is 0 Å². The highest BCUT2D eigenvalue weighted by molar-refractivity contribution is 8.00. The van der Waals surface area contributed by atoms with Gasteiger partial charge in [0.05, 0.1) is 0 Å². The number of thioether (sulfide) groups is 1. The van der Waals surface area contributed by atoms with Crippen LogP contribution in [-0.4, -0.2) is 18.3 Å². The van der Waals surface area contributed by atoms with E-state index in [4.69, 9.17) is 11.6 Å².